The second kappa shape index (κ2) is 15.3. The van der Waals surface area contributed by atoms with Crippen LogP contribution >= 0.6 is 63.7 Å². The Morgan fingerprint density at radius 1 is 0.730 bits per heavy atom. The van der Waals surface area contributed by atoms with E-state index in [2.05, 4.69) is 76.9 Å². The van der Waals surface area contributed by atoms with Gasteiger partial charge in [-0.15, -0.1) is 0 Å². The molecule has 0 aliphatic carbocycles. The number of hydrogen-bond donors (Lipinski definition) is 0. The van der Waals surface area contributed by atoms with Crippen molar-refractivity contribution in [2.75, 3.05) is 13.2 Å². The molecule has 2 rings (SSSR count). The van der Waals surface area contributed by atoms with E-state index >= 15 is 0 Å². The Bertz CT molecular complexity index is 1010. The molecular weight excluding hydrogens is 752 g/mol. The average molecular weight is 774 g/mol. The van der Waals surface area contributed by atoms with Gasteiger partial charge < -0.3 is 33.2 Å². The molecule has 2 unspecified atom stereocenters. The highest BCUT2D eigenvalue weighted by Crippen LogP contribution is 2.42. The molecule has 0 heterocycles. The van der Waals surface area contributed by atoms with Crippen LogP contribution in [0.4, 0.5) is 9.59 Å². The Labute approximate surface area is 247 Å². The van der Waals surface area contributed by atoms with Crippen LogP contribution in [0.25, 0.3) is 0 Å². The zero-order valence-electron chi connectivity index (χ0n) is 19.6. The number of carbonyl (C=O) groups excluding carboxylic acids is 2. The topological polar surface area (TPSA) is 98.8 Å². The number of halogens is 4. The van der Waals surface area contributed by atoms with E-state index in [9.17, 15) is 9.59 Å². The molecule has 2 aromatic rings. The van der Waals surface area contributed by atoms with Crippen LogP contribution in [0, 0.1) is 0 Å². The maximum absolute atomic E-state index is 11.6. The van der Waals surface area contributed by atoms with E-state index in [1.165, 1.54) is 12.2 Å². The van der Waals surface area contributed by atoms with Gasteiger partial charge in [-0.05, 0) is 88.0 Å². The Morgan fingerprint density at radius 3 is 1.35 bits per heavy atom. The largest absolute Gasteiger partial charge is 0.511 e. The lowest BCUT2D eigenvalue weighted by molar-refractivity contribution is -0.0521. The summed E-state index contributed by atoms with van der Waals surface area (Å²) < 4.78 is 39.1. The number of benzene rings is 2. The van der Waals surface area contributed by atoms with Crippen molar-refractivity contribution >= 4 is 76.0 Å². The monoisotopic (exact) mass is 770 g/mol. The van der Waals surface area contributed by atoms with Gasteiger partial charge in [-0.3, -0.25) is 0 Å². The van der Waals surface area contributed by atoms with Crippen LogP contribution in [0.15, 0.2) is 67.5 Å². The van der Waals surface area contributed by atoms with Gasteiger partial charge >= 0.3 is 12.3 Å². The Balaban J connectivity index is 2.08. The van der Waals surface area contributed by atoms with Crippen LogP contribution in [-0.2, 0) is 18.9 Å². The predicted octanol–water partition coefficient (Wildman–Crippen LogP) is 8.66. The minimum absolute atomic E-state index is 0.0296. The minimum atomic E-state index is -0.925. The highest BCUT2D eigenvalue weighted by atomic mass is 79.9. The van der Waals surface area contributed by atoms with Crippen molar-refractivity contribution < 1.29 is 42.7 Å². The molecule has 0 saturated heterocycles. The predicted molar refractivity (Wildman–Crippen MR) is 149 cm³/mol. The Kier molecular flexibility index (Phi) is 12.8. The van der Waals surface area contributed by atoms with Crippen molar-refractivity contribution in [3.63, 3.8) is 0 Å². The second-order valence-corrected chi connectivity index (χ2v) is 10.3. The number of carbonyl (C=O) groups is 2. The van der Waals surface area contributed by atoms with Crippen molar-refractivity contribution in [3.8, 4) is 23.0 Å². The van der Waals surface area contributed by atoms with Crippen LogP contribution in [0.5, 0.6) is 23.0 Å². The maximum Gasteiger partial charge on any atom is 0.511 e. The second-order valence-electron chi connectivity index (χ2n) is 6.84. The molecule has 0 amide bonds. The van der Waals surface area contributed by atoms with E-state index in [-0.39, 0.29) is 13.2 Å². The molecule has 37 heavy (non-hydrogen) atoms. The summed E-state index contributed by atoms with van der Waals surface area (Å²) in [6, 6.07) is 6.72. The molecule has 0 N–H and O–H groups in total. The maximum atomic E-state index is 11.6. The number of hydrogen-bond acceptors (Lipinski definition) is 9. The van der Waals surface area contributed by atoms with Crippen molar-refractivity contribution in [1.82, 2.24) is 0 Å². The van der Waals surface area contributed by atoms with Crippen LogP contribution in [0.3, 0.4) is 0 Å². The fourth-order valence-electron chi connectivity index (χ4n) is 2.53. The summed E-state index contributed by atoms with van der Waals surface area (Å²) in [5, 5.41) is 0. The van der Waals surface area contributed by atoms with E-state index < -0.39 is 24.9 Å². The summed E-state index contributed by atoms with van der Waals surface area (Å²) in [4.78, 5) is 23.2. The van der Waals surface area contributed by atoms with Crippen molar-refractivity contribution in [1.29, 1.82) is 0 Å². The SMILES string of the molecule is C=CCOC(=O)OC(C)Oc1c(Br)cc(Oc2cc(Br)c(OC(C)OC(=O)OCC=C)c(Br)c2)cc1Br. The normalized spacial score (nSPS) is 11.9. The summed E-state index contributed by atoms with van der Waals surface area (Å²) in [6.07, 6.45) is -0.753. The summed E-state index contributed by atoms with van der Waals surface area (Å²) in [5.74, 6) is 1.73. The number of ether oxygens (including phenoxy) is 7. The highest BCUT2D eigenvalue weighted by molar-refractivity contribution is 9.11. The molecule has 0 spiro atoms. The Morgan fingerprint density at radius 2 is 1.05 bits per heavy atom. The van der Waals surface area contributed by atoms with Crippen molar-refractivity contribution in [3.05, 3.63) is 67.5 Å². The Hall–Kier alpha value is -2.22. The van der Waals surface area contributed by atoms with Gasteiger partial charge in [-0.2, -0.15) is 0 Å². The molecule has 13 heteroatoms. The van der Waals surface area contributed by atoms with Crippen LogP contribution in [0.2, 0.25) is 0 Å². The van der Waals surface area contributed by atoms with Gasteiger partial charge in [0.1, 0.15) is 24.7 Å². The first-order valence-corrected chi connectivity index (χ1v) is 13.6. The van der Waals surface area contributed by atoms with Gasteiger partial charge in [-0.1, -0.05) is 25.3 Å². The molecule has 0 aromatic heterocycles. The van der Waals surface area contributed by atoms with E-state index in [1.54, 1.807) is 38.1 Å². The number of rotatable bonds is 12. The summed E-state index contributed by atoms with van der Waals surface area (Å²) in [6.45, 7) is 10.1. The molecule has 0 bridgehead atoms. The molecular formula is C24H22Br4O9. The van der Waals surface area contributed by atoms with Gasteiger partial charge in [0.05, 0.1) is 17.9 Å². The molecule has 0 fully saturated rings. The quantitative estimate of drug-likeness (QED) is 0.119. The van der Waals surface area contributed by atoms with Crippen LogP contribution in [0.1, 0.15) is 13.8 Å². The van der Waals surface area contributed by atoms with E-state index in [4.69, 9.17) is 33.2 Å². The minimum Gasteiger partial charge on any atom is -0.457 e. The van der Waals surface area contributed by atoms with Gasteiger partial charge in [0.2, 0.25) is 12.6 Å². The van der Waals surface area contributed by atoms with Crippen LogP contribution in [-0.4, -0.2) is 38.1 Å². The van der Waals surface area contributed by atoms with Crippen LogP contribution < -0.4 is 14.2 Å². The third-order valence-electron chi connectivity index (χ3n) is 3.91. The van der Waals surface area contributed by atoms with E-state index in [0.717, 1.165) is 0 Å². The lowest BCUT2D eigenvalue weighted by Gasteiger charge is -2.19. The first-order valence-electron chi connectivity index (χ1n) is 10.4. The molecule has 0 aliphatic heterocycles. The molecule has 0 saturated carbocycles. The zero-order chi connectivity index (χ0) is 27.5. The summed E-state index contributed by atoms with van der Waals surface area (Å²) >= 11 is 13.7. The van der Waals surface area contributed by atoms with Crippen molar-refractivity contribution in [2.24, 2.45) is 0 Å². The molecule has 2 aromatic carbocycles. The zero-order valence-corrected chi connectivity index (χ0v) is 26.0. The summed E-state index contributed by atoms with van der Waals surface area (Å²) in [7, 11) is 0. The van der Waals surface area contributed by atoms with Crippen molar-refractivity contribution in [2.45, 2.75) is 26.4 Å². The lowest BCUT2D eigenvalue weighted by atomic mass is 10.3. The molecule has 0 radical (unpaired) electrons. The third-order valence-corrected chi connectivity index (χ3v) is 6.27. The smallest absolute Gasteiger partial charge is 0.457 e. The van der Waals surface area contributed by atoms with Gasteiger partial charge in [-0.25, -0.2) is 9.59 Å². The molecule has 200 valence electrons. The molecule has 0 aliphatic rings. The average Bonchev–Trinajstić information content (AvgIpc) is 2.81. The third kappa shape index (κ3) is 10.2. The fourth-order valence-corrected chi connectivity index (χ4v) is 5.19. The molecule has 2 atom stereocenters. The van der Waals surface area contributed by atoms with Gasteiger partial charge in [0.15, 0.2) is 11.5 Å². The van der Waals surface area contributed by atoms with Gasteiger partial charge in [0.25, 0.3) is 0 Å². The molecule has 9 nitrogen and oxygen atoms in total. The highest BCUT2D eigenvalue weighted by Gasteiger charge is 2.19. The van der Waals surface area contributed by atoms with Gasteiger partial charge in [0, 0.05) is 13.8 Å². The van der Waals surface area contributed by atoms with E-state index in [0.29, 0.717) is 40.9 Å². The summed E-state index contributed by atoms with van der Waals surface area (Å²) in [5.41, 5.74) is 0. The standard InChI is InChI=1S/C24H22Br4O9/c1-5-7-31-23(29)35-13(3)33-21-17(25)9-15(10-18(21)26)37-16-11-19(27)22(20(28)12-16)34-14(4)36-24(30)32-8-6-2/h5-6,9-14H,1-2,7-8H2,3-4H3. The first-order chi connectivity index (χ1) is 17.5. The van der Waals surface area contributed by atoms with E-state index in [1.807, 2.05) is 0 Å². The fraction of sp³-hybridized carbons (Fsp3) is 0.250. The lowest BCUT2D eigenvalue weighted by Crippen LogP contribution is -2.22. The first kappa shape index (κ1) is 31.0.